The van der Waals surface area contributed by atoms with Gasteiger partial charge in [0.05, 0.1) is 6.54 Å². The number of carbonyl (C=O) groups excluding carboxylic acids is 1. The van der Waals surface area contributed by atoms with Crippen LogP contribution in [-0.4, -0.2) is 53.8 Å². The first-order chi connectivity index (χ1) is 6.89. The minimum Gasteiger partial charge on any atom is -0.290 e. The molecule has 0 saturated carbocycles. The predicted octanol–water partition coefficient (Wildman–Crippen LogP) is -0.658. The van der Waals surface area contributed by atoms with Crippen LogP contribution in [0.2, 0.25) is 0 Å². The molecule has 0 bridgehead atoms. The number of nitrogens with zero attached hydrogens (tertiary/aromatic N) is 2. The third-order valence-corrected chi connectivity index (χ3v) is 3.93. The predicted molar refractivity (Wildman–Crippen MR) is 52.4 cm³/mol. The lowest BCUT2D eigenvalue weighted by atomic mass is 10.1. The van der Waals surface area contributed by atoms with Crippen molar-refractivity contribution in [1.29, 1.82) is 0 Å². The number of β-lactam (4-membered cyclic amide) rings is 1. The van der Waals surface area contributed by atoms with Crippen LogP contribution in [0.5, 0.6) is 0 Å². The summed E-state index contributed by atoms with van der Waals surface area (Å²) in [6.45, 7) is 3.85. The first kappa shape index (κ1) is 10.8. The maximum absolute atomic E-state index is 11.4. The molecule has 2 rings (SSSR count). The van der Waals surface area contributed by atoms with Gasteiger partial charge in [0.1, 0.15) is 6.04 Å². The fourth-order valence-corrected chi connectivity index (χ4v) is 2.79. The molecule has 6 nitrogen and oxygen atoms in total. The van der Waals surface area contributed by atoms with E-state index in [-0.39, 0.29) is 12.6 Å². The fourth-order valence-electron chi connectivity index (χ4n) is 2.11. The van der Waals surface area contributed by atoms with Gasteiger partial charge in [-0.2, -0.15) is 8.42 Å². The average Bonchev–Trinajstić information content (AvgIpc) is 2.46. The first-order valence-corrected chi connectivity index (χ1v) is 6.32. The van der Waals surface area contributed by atoms with Crippen molar-refractivity contribution in [3.63, 3.8) is 0 Å². The molecule has 0 aliphatic carbocycles. The molecule has 0 aromatic carbocycles. The molecule has 86 valence electrons. The molecule has 2 aliphatic rings. The number of rotatable bonds is 2. The van der Waals surface area contributed by atoms with Crippen molar-refractivity contribution in [3.05, 3.63) is 0 Å². The van der Waals surface area contributed by atoms with Crippen molar-refractivity contribution in [2.24, 2.45) is 5.92 Å². The lowest BCUT2D eigenvalue weighted by Gasteiger charge is -2.40. The van der Waals surface area contributed by atoms with Gasteiger partial charge < -0.3 is 0 Å². The van der Waals surface area contributed by atoms with Crippen LogP contribution in [-0.2, 0) is 15.1 Å². The van der Waals surface area contributed by atoms with E-state index in [0.717, 1.165) is 19.5 Å². The highest BCUT2D eigenvalue weighted by Gasteiger charge is 2.47. The maximum atomic E-state index is 11.4. The quantitative estimate of drug-likeness (QED) is 0.507. The first-order valence-electron chi connectivity index (χ1n) is 4.92. The largest absolute Gasteiger partial charge is 0.362 e. The molecular formula is C8H14N2O4S. The van der Waals surface area contributed by atoms with Crippen LogP contribution >= 0.6 is 0 Å². The monoisotopic (exact) mass is 234 g/mol. The Balaban J connectivity index is 1.98. The number of carbonyl (C=O) groups is 1. The molecular weight excluding hydrogens is 220 g/mol. The zero-order chi connectivity index (χ0) is 11.2. The molecule has 0 radical (unpaired) electrons. The van der Waals surface area contributed by atoms with Gasteiger partial charge in [-0.3, -0.25) is 14.2 Å². The van der Waals surface area contributed by atoms with Gasteiger partial charge in [-0.1, -0.05) is 6.92 Å². The summed E-state index contributed by atoms with van der Waals surface area (Å²) in [5.74, 6) is 0.0455. The highest BCUT2D eigenvalue weighted by molar-refractivity contribution is 7.84. The molecule has 1 N–H and O–H groups in total. The molecule has 2 unspecified atom stereocenters. The Labute approximate surface area is 88.7 Å². The summed E-state index contributed by atoms with van der Waals surface area (Å²) in [6.07, 6.45) is 1.04. The molecule has 2 saturated heterocycles. The minimum atomic E-state index is -4.33. The molecule has 1 amide bonds. The van der Waals surface area contributed by atoms with Crippen molar-refractivity contribution in [1.82, 2.24) is 9.21 Å². The topological polar surface area (TPSA) is 77.9 Å². The normalized spacial score (nSPS) is 33.2. The van der Waals surface area contributed by atoms with Crippen LogP contribution in [0.4, 0.5) is 0 Å². The van der Waals surface area contributed by atoms with E-state index in [2.05, 4.69) is 6.92 Å². The average molecular weight is 234 g/mol. The summed E-state index contributed by atoms with van der Waals surface area (Å²) in [5, 5.41) is 0. The molecule has 2 fully saturated rings. The molecule has 2 atom stereocenters. The van der Waals surface area contributed by atoms with E-state index in [1.54, 1.807) is 0 Å². The summed E-state index contributed by atoms with van der Waals surface area (Å²) in [5.41, 5.74) is 0. The van der Waals surface area contributed by atoms with E-state index < -0.39 is 16.2 Å². The third kappa shape index (κ3) is 1.86. The van der Waals surface area contributed by atoms with Crippen LogP contribution in [0.3, 0.4) is 0 Å². The Morgan fingerprint density at radius 1 is 1.40 bits per heavy atom. The zero-order valence-electron chi connectivity index (χ0n) is 8.46. The van der Waals surface area contributed by atoms with Crippen LogP contribution in [0.1, 0.15) is 13.3 Å². The standard InChI is InChI=1S/C8H14N2O4S/c1-6-2-3-9(4-6)7-5-10(8(7)11)15(12,13)14/h6-7H,2-5H2,1H3,(H,12,13,14). The summed E-state index contributed by atoms with van der Waals surface area (Å²) >= 11 is 0. The van der Waals surface area contributed by atoms with Crippen molar-refractivity contribution >= 4 is 16.2 Å². The zero-order valence-corrected chi connectivity index (χ0v) is 9.27. The molecule has 0 aromatic rings. The second-order valence-corrected chi connectivity index (χ2v) is 5.59. The van der Waals surface area contributed by atoms with Crippen molar-refractivity contribution in [3.8, 4) is 0 Å². The Kier molecular flexibility index (Phi) is 2.48. The molecule has 0 aromatic heterocycles. The summed E-state index contributed by atoms with van der Waals surface area (Å²) < 4.78 is 30.6. The van der Waals surface area contributed by atoms with E-state index in [4.69, 9.17) is 4.55 Å². The van der Waals surface area contributed by atoms with Gasteiger partial charge >= 0.3 is 10.3 Å². The molecule has 7 heteroatoms. The van der Waals surface area contributed by atoms with Gasteiger partial charge in [-0.25, -0.2) is 4.31 Å². The van der Waals surface area contributed by atoms with E-state index in [9.17, 15) is 13.2 Å². The molecule has 15 heavy (non-hydrogen) atoms. The van der Waals surface area contributed by atoms with Crippen LogP contribution in [0.25, 0.3) is 0 Å². The minimum absolute atomic E-state index is 0.0877. The van der Waals surface area contributed by atoms with Gasteiger partial charge in [-0.15, -0.1) is 0 Å². The Morgan fingerprint density at radius 3 is 2.47 bits per heavy atom. The maximum Gasteiger partial charge on any atom is 0.362 e. The van der Waals surface area contributed by atoms with Crippen molar-refractivity contribution in [2.45, 2.75) is 19.4 Å². The van der Waals surface area contributed by atoms with Gasteiger partial charge in [0.2, 0.25) is 0 Å². The van der Waals surface area contributed by atoms with E-state index in [1.165, 1.54) is 0 Å². The highest BCUT2D eigenvalue weighted by Crippen LogP contribution is 2.25. The van der Waals surface area contributed by atoms with E-state index >= 15 is 0 Å². The molecule has 2 heterocycles. The highest BCUT2D eigenvalue weighted by atomic mass is 32.2. The summed E-state index contributed by atoms with van der Waals surface area (Å²) in [7, 11) is -4.33. The molecule has 2 aliphatic heterocycles. The smallest absolute Gasteiger partial charge is 0.290 e. The van der Waals surface area contributed by atoms with Crippen LogP contribution in [0.15, 0.2) is 0 Å². The number of hydrogen-bond donors (Lipinski definition) is 1. The fraction of sp³-hybridized carbons (Fsp3) is 0.875. The van der Waals surface area contributed by atoms with Crippen molar-refractivity contribution < 1.29 is 17.8 Å². The van der Waals surface area contributed by atoms with Gasteiger partial charge in [0, 0.05) is 6.54 Å². The van der Waals surface area contributed by atoms with E-state index in [0.29, 0.717) is 10.2 Å². The van der Waals surface area contributed by atoms with Gasteiger partial charge in [0.25, 0.3) is 5.91 Å². The van der Waals surface area contributed by atoms with Crippen LogP contribution < -0.4 is 0 Å². The number of amides is 1. The van der Waals surface area contributed by atoms with E-state index in [1.807, 2.05) is 4.90 Å². The molecule has 0 spiro atoms. The second-order valence-electron chi connectivity index (χ2n) is 4.25. The van der Waals surface area contributed by atoms with Gasteiger partial charge in [0.15, 0.2) is 0 Å². The lowest BCUT2D eigenvalue weighted by Crippen LogP contribution is -2.64. The van der Waals surface area contributed by atoms with Crippen LogP contribution in [0, 0.1) is 5.92 Å². The summed E-state index contributed by atoms with van der Waals surface area (Å²) in [6, 6.07) is -0.350. The number of hydrogen-bond acceptors (Lipinski definition) is 4. The lowest BCUT2D eigenvalue weighted by molar-refractivity contribution is -0.142. The second kappa shape index (κ2) is 3.43. The van der Waals surface area contributed by atoms with Gasteiger partial charge in [-0.05, 0) is 18.9 Å². The number of likely N-dealkylation sites (tertiary alicyclic amines) is 1. The van der Waals surface area contributed by atoms with Crippen molar-refractivity contribution in [2.75, 3.05) is 19.6 Å². The SMILES string of the molecule is CC1CCN(C2CN(S(=O)(=O)O)C2=O)C1. The summed E-state index contributed by atoms with van der Waals surface area (Å²) in [4.78, 5) is 13.4. The Bertz CT molecular complexity index is 380. The Morgan fingerprint density at radius 2 is 2.07 bits per heavy atom. The Hall–Kier alpha value is -0.660. The third-order valence-electron chi connectivity index (χ3n) is 3.04.